The van der Waals surface area contributed by atoms with E-state index in [2.05, 4.69) is 17.1 Å². The first-order chi connectivity index (χ1) is 9.79. The van der Waals surface area contributed by atoms with Gasteiger partial charge in [-0.15, -0.1) is 0 Å². The third kappa shape index (κ3) is 1.58. The maximum atomic E-state index is 6.41. The predicted octanol–water partition coefficient (Wildman–Crippen LogP) is 4.86. The van der Waals surface area contributed by atoms with Crippen molar-refractivity contribution in [3.05, 3.63) is 40.4 Å². The lowest BCUT2D eigenvalue weighted by Gasteiger charge is -2.19. The minimum Gasteiger partial charge on any atom is -0.496 e. The quantitative estimate of drug-likeness (QED) is 0.678. The summed E-state index contributed by atoms with van der Waals surface area (Å²) in [6, 6.07) is 8.27. The number of halogens is 1. The van der Waals surface area contributed by atoms with Gasteiger partial charge < -0.3 is 9.72 Å². The lowest BCUT2D eigenvalue weighted by atomic mass is 9.89. The van der Waals surface area contributed by atoms with Crippen LogP contribution < -0.4 is 4.74 Å². The summed E-state index contributed by atoms with van der Waals surface area (Å²) in [6.07, 6.45) is 4.75. The summed E-state index contributed by atoms with van der Waals surface area (Å²) in [5.74, 6) is 1.01. The van der Waals surface area contributed by atoms with Gasteiger partial charge in [0.1, 0.15) is 5.75 Å². The molecule has 2 aromatic carbocycles. The van der Waals surface area contributed by atoms with Gasteiger partial charge in [-0.25, -0.2) is 0 Å². The number of ether oxygens (including phenoxy) is 1. The monoisotopic (exact) mass is 285 g/mol. The molecule has 0 amide bonds. The fourth-order valence-corrected chi connectivity index (χ4v) is 3.74. The van der Waals surface area contributed by atoms with Crippen LogP contribution >= 0.6 is 11.6 Å². The Morgan fingerprint density at radius 3 is 2.80 bits per heavy atom. The second-order valence-electron chi connectivity index (χ2n) is 5.46. The summed E-state index contributed by atoms with van der Waals surface area (Å²) in [5.41, 5.74) is 4.99. The number of benzene rings is 2. The number of aromatic nitrogens is 1. The highest BCUT2D eigenvalue weighted by molar-refractivity contribution is 6.38. The Bertz CT molecular complexity index is 819. The Morgan fingerprint density at radius 2 is 1.95 bits per heavy atom. The van der Waals surface area contributed by atoms with Gasteiger partial charge in [-0.3, -0.25) is 0 Å². The van der Waals surface area contributed by atoms with Crippen LogP contribution in [0.1, 0.15) is 24.0 Å². The molecule has 0 atom stereocenters. The molecule has 0 unspecified atom stereocenters. The number of fused-ring (bicyclic) bond motifs is 4. The van der Waals surface area contributed by atoms with Crippen LogP contribution in [0.3, 0.4) is 0 Å². The molecule has 0 saturated carbocycles. The normalized spacial score (nSPS) is 14.7. The van der Waals surface area contributed by atoms with E-state index in [1.807, 2.05) is 12.1 Å². The number of methoxy groups -OCH3 is 1. The molecular formula is C17H16ClNO. The van der Waals surface area contributed by atoms with Gasteiger partial charge in [0.25, 0.3) is 0 Å². The molecule has 2 nitrogen and oxygen atoms in total. The molecule has 1 aliphatic rings. The van der Waals surface area contributed by atoms with Gasteiger partial charge in [-0.05, 0) is 55.0 Å². The van der Waals surface area contributed by atoms with E-state index < -0.39 is 0 Å². The van der Waals surface area contributed by atoms with Crippen LogP contribution in [0.2, 0.25) is 5.02 Å². The van der Waals surface area contributed by atoms with Gasteiger partial charge >= 0.3 is 0 Å². The van der Waals surface area contributed by atoms with E-state index in [1.165, 1.54) is 24.0 Å². The van der Waals surface area contributed by atoms with Crippen molar-refractivity contribution in [3.63, 3.8) is 0 Å². The molecule has 1 heterocycles. The summed E-state index contributed by atoms with van der Waals surface area (Å²) >= 11 is 6.41. The van der Waals surface area contributed by atoms with Crippen molar-refractivity contribution in [1.29, 1.82) is 0 Å². The topological polar surface area (TPSA) is 25.0 Å². The molecule has 3 heteroatoms. The van der Waals surface area contributed by atoms with E-state index in [4.69, 9.17) is 16.3 Å². The van der Waals surface area contributed by atoms with Gasteiger partial charge in [-0.2, -0.15) is 0 Å². The summed E-state index contributed by atoms with van der Waals surface area (Å²) in [7, 11) is 1.76. The smallest absolute Gasteiger partial charge is 0.132 e. The Hall–Kier alpha value is -1.67. The van der Waals surface area contributed by atoms with Crippen molar-refractivity contribution in [1.82, 2.24) is 4.98 Å². The maximum absolute atomic E-state index is 6.41. The molecule has 4 rings (SSSR count). The average molecular weight is 286 g/mol. The van der Waals surface area contributed by atoms with Crippen LogP contribution in [-0.4, -0.2) is 12.1 Å². The van der Waals surface area contributed by atoms with Crippen LogP contribution in [0.15, 0.2) is 24.3 Å². The second-order valence-corrected chi connectivity index (χ2v) is 5.87. The van der Waals surface area contributed by atoms with Crippen molar-refractivity contribution >= 4 is 33.4 Å². The number of H-pyrrole nitrogens is 1. The first-order valence-electron chi connectivity index (χ1n) is 7.08. The molecule has 1 aromatic heterocycles. The molecule has 0 radical (unpaired) electrons. The summed E-state index contributed by atoms with van der Waals surface area (Å²) < 4.78 is 5.77. The fourth-order valence-electron chi connectivity index (χ4n) is 3.47. The molecule has 102 valence electrons. The standard InChI is InChI=1S/C17H16ClNO/c1-20-17-11-6-3-2-5-10(11)9-14-16(17)15-12(18)7-4-8-13(15)19-14/h4,7-9,19H,2-3,5-6H2,1H3. The number of aryl methyl sites for hydroxylation is 1. The van der Waals surface area contributed by atoms with Crippen LogP contribution in [0.4, 0.5) is 0 Å². The van der Waals surface area contributed by atoms with E-state index in [-0.39, 0.29) is 0 Å². The molecule has 0 fully saturated rings. The number of hydrogen-bond acceptors (Lipinski definition) is 1. The maximum Gasteiger partial charge on any atom is 0.132 e. The lowest BCUT2D eigenvalue weighted by Crippen LogP contribution is -2.05. The highest BCUT2D eigenvalue weighted by Gasteiger charge is 2.20. The molecule has 0 aliphatic heterocycles. The fraction of sp³-hybridized carbons (Fsp3) is 0.294. The SMILES string of the molecule is COc1c2c(cc3[nH]c4cccc(Cl)c4c13)CCCC2. The Kier molecular flexibility index (Phi) is 2.67. The molecule has 1 aliphatic carbocycles. The second kappa shape index (κ2) is 4.42. The third-order valence-corrected chi connectivity index (χ3v) is 4.65. The Labute approximate surface area is 122 Å². The summed E-state index contributed by atoms with van der Waals surface area (Å²) in [5, 5.41) is 2.99. The Balaban J connectivity index is 2.20. The number of nitrogens with one attached hydrogen (secondary N) is 1. The third-order valence-electron chi connectivity index (χ3n) is 4.34. The van der Waals surface area contributed by atoms with Crippen molar-refractivity contribution in [2.24, 2.45) is 0 Å². The van der Waals surface area contributed by atoms with Crippen LogP contribution in [0, 0.1) is 0 Å². The van der Waals surface area contributed by atoms with E-state index in [1.54, 1.807) is 7.11 Å². The molecule has 0 bridgehead atoms. The lowest BCUT2D eigenvalue weighted by molar-refractivity contribution is 0.411. The van der Waals surface area contributed by atoms with Crippen LogP contribution in [0.5, 0.6) is 5.75 Å². The zero-order valence-electron chi connectivity index (χ0n) is 11.4. The van der Waals surface area contributed by atoms with E-state index >= 15 is 0 Å². The van der Waals surface area contributed by atoms with Crippen molar-refractivity contribution < 1.29 is 4.74 Å². The molecule has 1 N–H and O–H groups in total. The van der Waals surface area contributed by atoms with Gasteiger partial charge in [-0.1, -0.05) is 17.7 Å². The highest BCUT2D eigenvalue weighted by Crippen LogP contribution is 2.42. The van der Waals surface area contributed by atoms with Gasteiger partial charge in [0.2, 0.25) is 0 Å². The van der Waals surface area contributed by atoms with Gasteiger partial charge in [0, 0.05) is 10.9 Å². The van der Waals surface area contributed by atoms with Crippen molar-refractivity contribution in [2.75, 3.05) is 7.11 Å². The van der Waals surface area contributed by atoms with Gasteiger partial charge in [0.05, 0.1) is 23.0 Å². The molecule has 3 aromatic rings. The molecule has 0 saturated heterocycles. The van der Waals surface area contributed by atoms with Crippen LogP contribution in [-0.2, 0) is 12.8 Å². The summed E-state index contributed by atoms with van der Waals surface area (Å²) in [4.78, 5) is 3.48. The van der Waals surface area contributed by atoms with Crippen molar-refractivity contribution in [2.45, 2.75) is 25.7 Å². The average Bonchev–Trinajstić information content (AvgIpc) is 2.84. The number of aromatic amines is 1. The zero-order valence-corrected chi connectivity index (χ0v) is 12.2. The largest absolute Gasteiger partial charge is 0.496 e. The molecule has 20 heavy (non-hydrogen) atoms. The number of rotatable bonds is 1. The minimum absolute atomic E-state index is 0.780. The number of hydrogen-bond donors (Lipinski definition) is 1. The van der Waals surface area contributed by atoms with E-state index in [0.29, 0.717) is 0 Å². The first-order valence-corrected chi connectivity index (χ1v) is 7.46. The molecular weight excluding hydrogens is 270 g/mol. The Morgan fingerprint density at radius 1 is 1.10 bits per heavy atom. The highest BCUT2D eigenvalue weighted by atomic mass is 35.5. The van der Waals surface area contributed by atoms with Gasteiger partial charge in [0.15, 0.2) is 0 Å². The van der Waals surface area contributed by atoms with Crippen LogP contribution in [0.25, 0.3) is 21.8 Å². The molecule has 0 spiro atoms. The first kappa shape index (κ1) is 12.1. The van der Waals surface area contributed by atoms with Crippen molar-refractivity contribution in [3.8, 4) is 5.75 Å². The summed E-state index contributed by atoms with van der Waals surface area (Å²) in [6.45, 7) is 0. The van der Waals surface area contributed by atoms with E-state index in [0.717, 1.165) is 45.4 Å². The van der Waals surface area contributed by atoms with E-state index in [9.17, 15) is 0 Å². The minimum atomic E-state index is 0.780. The zero-order chi connectivity index (χ0) is 13.7. The predicted molar refractivity (Wildman–Crippen MR) is 84.0 cm³/mol.